The lowest BCUT2D eigenvalue weighted by Gasteiger charge is -2.60. The van der Waals surface area contributed by atoms with Crippen molar-refractivity contribution in [2.24, 2.45) is 28.2 Å². The van der Waals surface area contributed by atoms with E-state index in [2.05, 4.69) is 6.92 Å². The van der Waals surface area contributed by atoms with E-state index in [4.69, 9.17) is 16.2 Å². The number of likely N-dealkylation sites (N-methyl/N-ethyl adjacent to an activating group) is 1. The number of nitrogens with two attached hydrogens (primary N) is 2. The molecule has 4 N–H and O–H groups in total. The van der Waals surface area contributed by atoms with Crippen LogP contribution in [-0.4, -0.2) is 94.3 Å². The lowest BCUT2D eigenvalue weighted by molar-refractivity contribution is -0.160. The first-order valence-corrected chi connectivity index (χ1v) is 14.5. The van der Waals surface area contributed by atoms with Crippen molar-refractivity contribution in [3.63, 3.8) is 0 Å². The highest BCUT2D eigenvalue weighted by molar-refractivity contribution is 6.29. The molecule has 0 atom stereocenters. The van der Waals surface area contributed by atoms with Gasteiger partial charge in [-0.3, -0.25) is 29.1 Å². The molecular formula is C28H40N6O6. The van der Waals surface area contributed by atoms with E-state index in [1.54, 1.807) is 11.9 Å². The summed E-state index contributed by atoms with van der Waals surface area (Å²) in [5.74, 6) is -1.72. The normalized spacial score (nSPS) is 34.4. The number of imide groups is 3. The van der Waals surface area contributed by atoms with Crippen molar-refractivity contribution in [2.75, 3.05) is 33.4 Å². The fourth-order valence-corrected chi connectivity index (χ4v) is 8.21. The van der Waals surface area contributed by atoms with Gasteiger partial charge in [0.1, 0.15) is 16.9 Å². The molecule has 12 heteroatoms. The SMILES string of the molecule is CN1C(=O)N(CC2(C)COC2)C2(CC3(CCC(N4C(=O)C(=C(N)N)C(=O)N(CC5CCCC5)C4=O)CC3)C2)C1=O. The van der Waals surface area contributed by atoms with Gasteiger partial charge in [0.25, 0.3) is 17.7 Å². The Kier molecular flexibility index (Phi) is 6.21. The summed E-state index contributed by atoms with van der Waals surface area (Å²) in [7, 11) is 1.55. The van der Waals surface area contributed by atoms with E-state index < -0.39 is 23.4 Å². The smallest absolute Gasteiger partial charge is 0.334 e. The third-order valence-electron chi connectivity index (χ3n) is 10.4. The Balaban J connectivity index is 1.17. The molecule has 6 rings (SSSR count). The molecule has 3 aliphatic carbocycles. The maximum atomic E-state index is 13.6. The van der Waals surface area contributed by atoms with Gasteiger partial charge in [-0.1, -0.05) is 19.8 Å². The average molecular weight is 557 g/mol. The Morgan fingerprint density at radius 3 is 2.10 bits per heavy atom. The van der Waals surface area contributed by atoms with Crippen LogP contribution in [0, 0.1) is 16.7 Å². The quantitative estimate of drug-likeness (QED) is 0.293. The first-order valence-electron chi connectivity index (χ1n) is 14.5. The average Bonchev–Trinajstić information content (AvgIpc) is 3.45. The zero-order valence-corrected chi connectivity index (χ0v) is 23.4. The molecule has 0 unspecified atom stereocenters. The minimum Gasteiger partial charge on any atom is -0.385 e. The monoisotopic (exact) mass is 556 g/mol. The van der Waals surface area contributed by atoms with Crippen LogP contribution < -0.4 is 11.5 Å². The molecule has 12 nitrogen and oxygen atoms in total. The summed E-state index contributed by atoms with van der Waals surface area (Å²) in [6.45, 7) is 3.96. The van der Waals surface area contributed by atoms with E-state index >= 15 is 0 Å². The van der Waals surface area contributed by atoms with Crippen LogP contribution in [0.4, 0.5) is 9.59 Å². The van der Waals surface area contributed by atoms with Gasteiger partial charge < -0.3 is 21.1 Å². The van der Waals surface area contributed by atoms with E-state index in [0.717, 1.165) is 30.6 Å². The Bertz CT molecular complexity index is 1180. The number of barbiturate groups is 1. The maximum Gasteiger partial charge on any atom is 0.334 e. The van der Waals surface area contributed by atoms with E-state index in [9.17, 15) is 24.0 Å². The van der Waals surface area contributed by atoms with Crippen molar-refractivity contribution in [1.82, 2.24) is 19.6 Å². The predicted octanol–water partition coefficient (Wildman–Crippen LogP) is 1.49. The molecule has 2 spiro atoms. The summed E-state index contributed by atoms with van der Waals surface area (Å²) in [5.41, 5.74) is 10.1. The van der Waals surface area contributed by atoms with E-state index in [1.807, 2.05) is 0 Å². The summed E-state index contributed by atoms with van der Waals surface area (Å²) in [5, 5.41) is 0. The second-order valence-corrected chi connectivity index (χ2v) is 13.5. The fraction of sp³-hybridized carbons (Fsp3) is 0.750. The van der Waals surface area contributed by atoms with Crippen LogP contribution in [0.15, 0.2) is 11.4 Å². The number of hydrogen-bond acceptors (Lipinski definition) is 8. The van der Waals surface area contributed by atoms with Crippen LogP contribution in [0.2, 0.25) is 0 Å². The van der Waals surface area contributed by atoms with Crippen LogP contribution in [0.3, 0.4) is 0 Å². The molecule has 7 amide bonds. The molecule has 3 aliphatic heterocycles. The third-order valence-corrected chi connectivity index (χ3v) is 10.4. The molecule has 6 aliphatic rings. The molecule has 0 aromatic rings. The summed E-state index contributed by atoms with van der Waals surface area (Å²) in [6.07, 6.45) is 7.69. The number of amides is 7. The van der Waals surface area contributed by atoms with Crippen molar-refractivity contribution in [1.29, 1.82) is 0 Å². The van der Waals surface area contributed by atoms with Gasteiger partial charge in [-0.25, -0.2) is 9.59 Å². The third kappa shape index (κ3) is 3.93. The maximum absolute atomic E-state index is 13.6. The number of nitrogens with zero attached hydrogens (tertiary/aromatic N) is 4. The number of ether oxygens (including phenoxy) is 1. The highest BCUT2D eigenvalue weighted by Gasteiger charge is 2.68. The Morgan fingerprint density at radius 1 is 0.925 bits per heavy atom. The van der Waals surface area contributed by atoms with Crippen molar-refractivity contribution in [3.05, 3.63) is 11.4 Å². The second-order valence-electron chi connectivity index (χ2n) is 13.5. The number of urea groups is 2. The summed E-state index contributed by atoms with van der Waals surface area (Å²) in [6, 6.07) is -1.23. The van der Waals surface area contributed by atoms with Gasteiger partial charge in [0.05, 0.1) is 13.2 Å². The zero-order chi connectivity index (χ0) is 28.6. The van der Waals surface area contributed by atoms with Gasteiger partial charge >= 0.3 is 12.1 Å². The first kappa shape index (κ1) is 27.0. The topological polar surface area (TPSA) is 160 Å². The van der Waals surface area contributed by atoms with Crippen LogP contribution in [0.25, 0.3) is 0 Å². The molecule has 40 heavy (non-hydrogen) atoms. The Morgan fingerprint density at radius 2 is 1.55 bits per heavy atom. The van der Waals surface area contributed by atoms with Gasteiger partial charge in [0.2, 0.25) is 0 Å². The number of hydrogen-bond donors (Lipinski definition) is 2. The van der Waals surface area contributed by atoms with Crippen molar-refractivity contribution in [3.8, 4) is 0 Å². The standard InChI is InChI=1S/C28H40N6O6/c1-26(15-40-16-26)14-33-24(38)31(2)23(37)28(33)12-27(13-28)9-7-18(8-10-27)34-22(36)19(20(29)30)21(35)32(25(34)39)11-17-5-3-4-6-17/h17-18H,3-16,29-30H2,1-2H3. The minimum atomic E-state index is -0.831. The van der Waals surface area contributed by atoms with Gasteiger partial charge in [-0.15, -0.1) is 0 Å². The number of rotatable bonds is 5. The van der Waals surface area contributed by atoms with Crippen molar-refractivity contribution < 1.29 is 28.7 Å². The van der Waals surface area contributed by atoms with Crippen LogP contribution in [0.1, 0.15) is 71.1 Å². The van der Waals surface area contributed by atoms with Crippen molar-refractivity contribution >= 4 is 29.8 Å². The second kappa shape index (κ2) is 9.19. The van der Waals surface area contributed by atoms with Crippen LogP contribution in [-0.2, 0) is 19.1 Å². The summed E-state index contributed by atoms with van der Waals surface area (Å²) in [4.78, 5) is 71.8. The summed E-state index contributed by atoms with van der Waals surface area (Å²) < 4.78 is 5.39. The minimum absolute atomic E-state index is 0.139. The molecule has 3 saturated carbocycles. The Labute approximate surface area is 234 Å². The highest BCUT2D eigenvalue weighted by Crippen LogP contribution is 2.62. The lowest BCUT2D eigenvalue weighted by atomic mass is 9.51. The lowest BCUT2D eigenvalue weighted by Crippen LogP contribution is -2.67. The number of carbonyl (C=O) groups is 5. The summed E-state index contributed by atoms with van der Waals surface area (Å²) >= 11 is 0. The number of carbonyl (C=O) groups excluding carboxylic acids is 5. The molecule has 3 heterocycles. The highest BCUT2D eigenvalue weighted by atomic mass is 16.5. The van der Waals surface area contributed by atoms with E-state index in [1.165, 1.54) is 9.80 Å². The van der Waals surface area contributed by atoms with Gasteiger partial charge in [0, 0.05) is 31.6 Å². The van der Waals surface area contributed by atoms with E-state index in [-0.39, 0.29) is 52.7 Å². The van der Waals surface area contributed by atoms with Crippen LogP contribution >= 0.6 is 0 Å². The van der Waals surface area contributed by atoms with Gasteiger partial charge in [0.15, 0.2) is 0 Å². The molecule has 0 radical (unpaired) electrons. The van der Waals surface area contributed by atoms with E-state index in [0.29, 0.717) is 58.3 Å². The largest absolute Gasteiger partial charge is 0.385 e. The van der Waals surface area contributed by atoms with Gasteiger partial charge in [-0.05, 0) is 62.7 Å². The molecule has 6 fully saturated rings. The molecular weight excluding hydrogens is 516 g/mol. The fourth-order valence-electron chi connectivity index (χ4n) is 8.21. The predicted molar refractivity (Wildman–Crippen MR) is 142 cm³/mol. The van der Waals surface area contributed by atoms with Crippen molar-refractivity contribution in [2.45, 2.75) is 82.7 Å². The van der Waals surface area contributed by atoms with Gasteiger partial charge in [-0.2, -0.15) is 0 Å². The zero-order valence-electron chi connectivity index (χ0n) is 23.4. The molecule has 0 aromatic carbocycles. The van der Waals surface area contributed by atoms with Crippen LogP contribution in [0.5, 0.6) is 0 Å². The Hall–Kier alpha value is -3.15. The first-order chi connectivity index (χ1) is 18.9. The molecule has 0 bridgehead atoms. The molecule has 218 valence electrons. The molecule has 0 aromatic heterocycles. The molecule has 3 saturated heterocycles.